The SMILES string of the molecule is CC(=O)NC[C@H]1CN(c2ccc(C3=C(C(=O)CO)[C@@H](C(=O)OCc4ccccc4)NC3)cc2)C(=O)O1. The van der Waals surface area contributed by atoms with Gasteiger partial charge in [0.05, 0.1) is 13.1 Å². The lowest BCUT2D eigenvalue weighted by Crippen LogP contribution is -2.37. The molecule has 0 aromatic heterocycles. The van der Waals surface area contributed by atoms with Crippen LogP contribution in [-0.4, -0.2) is 67.2 Å². The Kier molecular flexibility index (Phi) is 7.77. The van der Waals surface area contributed by atoms with Crippen molar-refractivity contribution in [3.8, 4) is 0 Å². The molecule has 10 nitrogen and oxygen atoms in total. The van der Waals surface area contributed by atoms with Crippen LogP contribution < -0.4 is 15.5 Å². The molecular formula is C26H27N3O7. The summed E-state index contributed by atoms with van der Waals surface area (Å²) in [4.78, 5) is 50.2. The lowest BCUT2D eigenvalue weighted by molar-refractivity contribution is -0.146. The second-order valence-electron chi connectivity index (χ2n) is 8.48. The molecular weight excluding hydrogens is 466 g/mol. The molecule has 188 valence electrons. The molecule has 3 N–H and O–H groups in total. The number of rotatable bonds is 9. The molecule has 0 spiro atoms. The number of nitrogens with one attached hydrogen (secondary N) is 2. The Bertz CT molecular complexity index is 1180. The van der Waals surface area contributed by atoms with Crippen LogP contribution in [0, 0.1) is 0 Å². The van der Waals surface area contributed by atoms with Gasteiger partial charge in [-0.2, -0.15) is 0 Å². The number of anilines is 1. The average Bonchev–Trinajstić information content (AvgIpc) is 3.50. The van der Waals surface area contributed by atoms with Crippen LogP contribution in [0.1, 0.15) is 18.1 Å². The van der Waals surface area contributed by atoms with Crippen LogP contribution in [0.3, 0.4) is 0 Å². The van der Waals surface area contributed by atoms with Gasteiger partial charge in [0.2, 0.25) is 5.91 Å². The molecule has 1 fully saturated rings. The molecule has 2 aromatic rings. The number of cyclic esters (lactones) is 1. The van der Waals surface area contributed by atoms with Crippen LogP contribution >= 0.6 is 0 Å². The van der Waals surface area contributed by atoms with Crippen LogP contribution in [0.4, 0.5) is 10.5 Å². The number of Topliss-reactive ketones (excluding diaryl/α,β-unsaturated/α-hetero) is 1. The van der Waals surface area contributed by atoms with Crippen molar-refractivity contribution in [3.05, 3.63) is 71.3 Å². The Morgan fingerprint density at radius 2 is 1.86 bits per heavy atom. The summed E-state index contributed by atoms with van der Waals surface area (Å²) in [6, 6.07) is 15.1. The number of esters is 1. The van der Waals surface area contributed by atoms with Gasteiger partial charge in [0.25, 0.3) is 0 Å². The Morgan fingerprint density at radius 3 is 2.53 bits per heavy atom. The maximum absolute atomic E-state index is 12.8. The fourth-order valence-electron chi connectivity index (χ4n) is 4.20. The maximum atomic E-state index is 12.8. The number of amides is 2. The minimum Gasteiger partial charge on any atom is -0.459 e. The first-order chi connectivity index (χ1) is 17.4. The van der Waals surface area contributed by atoms with Gasteiger partial charge in [-0.1, -0.05) is 42.5 Å². The molecule has 2 atom stereocenters. The molecule has 36 heavy (non-hydrogen) atoms. The van der Waals surface area contributed by atoms with Crippen molar-refractivity contribution in [2.75, 3.05) is 31.1 Å². The lowest BCUT2D eigenvalue weighted by atomic mass is 9.95. The van der Waals surface area contributed by atoms with Crippen molar-refractivity contribution in [2.24, 2.45) is 0 Å². The van der Waals surface area contributed by atoms with E-state index in [1.165, 1.54) is 11.8 Å². The smallest absolute Gasteiger partial charge is 0.414 e. The van der Waals surface area contributed by atoms with Gasteiger partial charge in [0.1, 0.15) is 25.4 Å². The van der Waals surface area contributed by atoms with Crippen LogP contribution in [0.5, 0.6) is 0 Å². The summed E-state index contributed by atoms with van der Waals surface area (Å²) in [5.41, 5.74) is 2.82. The quantitative estimate of drug-likeness (QED) is 0.444. The highest BCUT2D eigenvalue weighted by Crippen LogP contribution is 2.30. The summed E-state index contributed by atoms with van der Waals surface area (Å²) in [6.07, 6.45) is -0.975. The summed E-state index contributed by atoms with van der Waals surface area (Å²) < 4.78 is 10.7. The van der Waals surface area contributed by atoms with Crippen molar-refractivity contribution in [1.29, 1.82) is 0 Å². The molecule has 0 saturated carbocycles. The second-order valence-corrected chi connectivity index (χ2v) is 8.48. The van der Waals surface area contributed by atoms with Crippen molar-refractivity contribution < 1.29 is 33.8 Å². The number of aliphatic hydroxyl groups is 1. The Hall–Kier alpha value is -4.02. The molecule has 2 heterocycles. The minimum atomic E-state index is -0.994. The highest BCUT2D eigenvalue weighted by molar-refractivity contribution is 6.10. The van der Waals surface area contributed by atoms with Crippen LogP contribution in [0.2, 0.25) is 0 Å². The number of ether oxygens (including phenoxy) is 2. The van der Waals surface area contributed by atoms with Crippen molar-refractivity contribution in [1.82, 2.24) is 10.6 Å². The number of ketones is 1. The first kappa shape index (κ1) is 25.1. The number of carbonyl (C=O) groups excluding carboxylic acids is 4. The zero-order valence-corrected chi connectivity index (χ0v) is 19.7. The van der Waals surface area contributed by atoms with E-state index in [9.17, 15) is 24.3 Å². The molecule has 2 aliphatic heterocycles. The van der Waals surface area contributed by atoms with Gasteiger partial charge in [0.15, 0.2) is 5.78 Å². The molecule has 2 amide bonds. The number of hydrogen-bond acceptors (Lipinski definition) is 8. The monoisotopic (exact) mass is 493 g/mol. The summed E-state index contributed by atoms with van der Waals surface area (Å²) in [6.45, 7) is 1.46. The van der Waals surface area contributed by atoms with Gasteiger partial charge in [-0.05, 0) is 28.8 Å². The third-order valence-electron chi connectivity index (χ3n) is 5.98. The molecule has 4 rings (SSSR count). The zero-order valence-electron chi connectivity index (χ0n) is 19.7. The third kappa shape index (κ3) is 5.61. The second kappa shape index (κ2) is 11.1. The maximum Gasteiger partial charge on any atom is 0.414 e. The van der Waals surface area contributed by atoms with E-state index in [0.29, 0.717) is 16.8 Å². The summed E-state index contributed by atoms with van der Waals surface area (Å²) in [7, 11) is 0. The molecule has 1 saturated heterocycles. The third-order valence-corrected chi connectivity index (χ3v) is 5.98. The first-order valence-corrected chi connectivity index (χ1v) is 11.5. The van der Waals surface area contributed by atoms with Gasteiger partial charge >= 0.3 is 12.1 Å². The van der Waals surface area contributed by atoms with Gasteiger partial charge in [0, 0.05) is 24.7 Å². The van der Waals surface area contributed by atoms with E-state index >= 15 is 0 Å². The standard InChI is InChI=1S/C26H27N3O7/c1-16(31)27-11-20-13-29(26(34)36-20)19-9-7-18(8-10-19)21-12-28-24(23(21)22(32)14-30)25(33)35-15-17-5-3-2-4-6-17/h2-10,20,24,28,30H,11-15H2,1H3,(H,27,31)/t20-,24-/m0/s1. The molecule has 0 radical (unpaired) electrons. The molecule has 0 bridgehead atoms. The van der Waals surface area contributed by atoms with Crippen molar-refractivity contribution >= 4 is 35.0 Å². The van der Waals surface area contributed by atoms with Crippen LogP contribution in [-0.2, 0) is 30.5 Å². The highest BCUT2D eigenvalue weighted by atomic mass is 16.6. The molecule has 0 unspecified atom stereocenters. The topological polar surface area (TPSA) is 134 Å². The summed E-state index contributed by atoms with van der Waals surface area (Å²) >= 11 is 0. The zero-order chi connectivity index (χ0) is 25.7. The van der Waals surface area contributed by atoms with Crippen molar-refractivity contribution in [3.63, 3.8) is 0 Å². The molecule has 2 aromatic carbocycles. The fourth-order valence-corrected chi connectivity index (χ4v) is 4.20. The average molecular weight is 494 g/mol. The largest absolute Gasteiger partial charge is 0.459 e. The van der Waals surface area contributed by atoms with E-state index in [0.717, 1.165) is 5.56 Å². The van der Waals surface area contributed by atoms with Crippen LogP contribution in [0.15, 0.2) is 60.2 Å². The number of carbonyl (C=O) groups is 4. The summed E-state index contributed by atoms with van der Waals surface area (Å²) in [5.74, 6) is -1.38. The molecule has 0 aliphatic carbocycles. The highest BCUT2D eigenvalue weighted by Gasteiger charge is 2.37. The van der Waals surface area contributed by atoms with Gasteiger partial charge < -0.3 is 19.9 Å². The predicted octanol–water partition coefficient (Wildman–Crippen LogP) is 1.18. The van der Waals surface area contributed by atoms with E-state index in [4.69, 9.17) is 9.47 Å². The number of hydrogen-bond donors (Lipinski definition) is 3. The Labute approximate surface area is 207 Å². The van der Waals surface area contributed by atoms with Gasteiger partial charge in [-0.15, -0.1) is 0 Å². The van der Waals surface area contributed by atoms with Crippen LogP contribution in [0.25, 0.3) is 5.57 Å². The van der Waals surface area contributed by atoms with Gasteiger partial charge in [-0.3, -0.25) is 19.8 Å². The normalized spacial score (nSPS) is 19.3. The number of benzene rings is 2. The summed E-state index contributed by atoms with van der Waals surface area (Å²) in [5, 5.41) is 15.2. The number of nitrogens with zero attached hydrogens (tertiary/aromatic N) is 1. The van der Waals surface area contributed by atoms with Gasteiger partial charge in [-0.25, -0.2) is 9.59 Å². The van der Waals surface area contributed by atoms with E-state index in [2.05, 4.69) is 10.6 Å². The first-order valence-electron chi connectivity index (χ1n) is 11.5. The fraction of sp³-hybridized carbons (Fsp3) is 0.308. The van der Waals surface area contributed by atoms with Crippen molar-refractivity contribution in [2.45, 2.75) is 25.7 Å². The van der Waals surface area contributed by atoms with E-state index in [1.54, 1.807) is 24.3 Å². The van der Waals surface area contributed by atoms with E-state index in [-0.39, 0.29) is 37.7 Å². The van der Waals surface area contributed by atoms with E-state index in [1.807, 2.05) is 30.3 Å². The molecule has 2 aliphatic rings. The lowest BCUT2D eigenvalue weighted by Gasteiger charge is -2.15. The number of aliphatic hydroxyl groups excluding tert-OH is 1. The Balaban J connectivity index is 1.49. The van der Waals surface area contributed by atoms with E-state index < -0.39 is 36.6 Å². The minimum absolute atomic E-state index is 0.0668. The Morgan fingerprint density at radius 1 is 1.14 bits per heavy atom. The molecule has 10 heteroatoms. The predicted molar refractivity (Wildman–Crippen MR) is 130 cm³/mol.